The van der Waals surface area contributed by atoms with Gasteiger partial charge in [0.1, 0.15) is 12.2 Å². The predicted molar refractivity (Wildman–Crippen MR) is 122 cm³/mol. The molecule has 4 rings (SSSR count). The van der Waals surface area contributed by atoms with Crippen LogP contribution in [-0.4, -0.2) is 53.5 Å². The van der Waals surface area contributed by atoms with E-state index in [0.29, 0.717) is 11.3 Å². The maximum absolute atomic E-state index is 13.3. The number of nitro benzene ring substituents is 1. The van der Waals surface area contributed by atoms with E-state index in [4.69, 9.17) is 0 Å². The smallest absolute Gasteiger partial charge is 0.366 e. The lowest BCUT2D eigenvalue weighted by molar-refractivity contribution is -0.384. The molecule has 8 nitrogen and oxygen atoms in total. The quantitative estimate of drug-likeness (QED) is 0.440. The Bertz CT molecular complexity index is 1110. The predicted octanol–water partition coefficient (Wildman–Crippen LogP) is 4.29. The third-order valence-electron chi connectivity index (χ3n) is 6.13. The second-order valence-corrected chi connectivity index (χ2v) is 8.81. The molecule has 0 spiro atoms. The van der Waals surface area contributed by atoms with Crippen LogP contribution in [0.4, 0.5) is 24.5 Å². The van der Waals surface area contributed by atoms with Gasteiger partial charge in [0.15, 0.2) is 0 Å². The van der Waals surface area contributed by atoms with Gasteiger partial charge in [0.05, 0.1) is 4.92 Å². The SMILES string of the molecule is O=C(NCC(F)(F)F)c1ccc(CN(C(=O)c2ccc(N3CCCC3)c([N+](=O)[O-])c2)C2CC2)cc1. The molecule has 35 heavy (non-hydrogen) atoms. The number of hydrogen-bond acceptors (Lipinski definition) is 5. The lowest BCUT2D eigenvalue weighted by Gasteiger charge is -2.23. The van der Waals surface area contributed by atoms with E-state index in [0.717, 1.165) is 38.8 Å². The van der Waals surface area contributed by atoms with E-state index in [1.54, 1.807) is 29.2 Å². The van der Waals surface area contributed by atoms with Crippen molar-refractivity contribution in [3.8, 4) is 0 Å². The summed E-state index contributed by atoms with van der Waals surface area (Å²) in [6, 6.07) is 10.6. The van der Waals surface area contributed by atoms with E-state index < -0.39 is 23.6 Å². The number of nitrogens with one attached hydrogen (secondary N) is 1. The standard InChI is InChI=1S/C24H25F3N4O4/c25-24(26,27)15-28-22(32)17-5-3-16(4-6-17)14-30(19-8-9-19)23(33)18-7-10-20(21(13-18)31(34)35)29-11-1-2-12-29/h3-7,10,13,19H,1-2,8-9,11-12,14-15H2,(H,28,32). The van der Waals surface area contributed by atoms with Crippen molar-refractivity contribution >= 4 is 23.2 Å². The largest absolute Gasteiger partial charge is 0.405 e. The van der Waals surface area contributed by atoms with Crippen LogP contribution in [0.2, 0.25) is 0 Å². The normalized spacial score (nSPS) is 15.7. The van der Waals surface area contributed by atoms with E-state index in [-0.39, 0.29) is 35.3 Å². The topological polar surface area (TPSA) is 95.8 Å². The molecule has 1 heterocycles. The average Bonchev–Trinajstić information content (AvgIpc) is 3.52. The van der Waals surface area contributed by atoms with Gasteiger partial charge in [-0.2, -0.15) is 13.2 Å². The average molecular weight is 490 g/mol. The molecule has 1 saturated heterocycles. The van der Waals surface area contributed by atoms with E-state index >= 15 is 0 Å². The molecule has 0 radical (unpaired) electrons. The minimum absolute atomic E-state index is 0.00887. The number of halogens is 3. The lowest BCUT2D eigenvalue weighted by atomic mass is 10.1. The summed E-state index contributed by atoms with van der Waals surface area (Å²) < 4.78 is 36.9. The molecule has 186 valence electrons. The van der Waals surface area contributed by atoms with Gasteiger partial charge in [0, 0.05) is 42.9 Å². The Hall–Kier alpha value is -3.63. The second-order valence-electron chi connectivity index (χ2n) is 8.81. The molecule has 0 aromatic heterocycles. The molecule has 0 bridgehead atoms. The molecule has 1 aliphatic carbocycles. The number of nitro groups is 1. The number of hydrogen-bond donors (Lipinski definition) is 1. The van der Waals surface area contributed by atoms with Gasteiger partial charge in [-0.15, -0.1) is 0 Å². The van der Waals surface area contributed by atoms with Crippen molar-refractivity contribution in [2.75, 3.05) is 24.5 Å². The first-order chi connectivity index (χ1) is 16.6. The monoisotopic (exact) mass is 490 g/mol. The zero-order chi connectivity index (χ0) is 25.2. The first kappa shape index (κ1) is 24.5. The summed E-state index contributed by atoms with van der Waals surface area (Å²) in [6.45, 7) is 0.287. The van der Waals surface area contributed by atoms with Crippen LogP contribution in [0.1, 0.15) is 52.0 Å². The van der Waals surface area contributed by atoms with E-state index in [9.17, 15) is 32.9 Å². The van der Waals surface area contributed by atoms with Crippen molar-refractivity contribution in [1.29, 1.82) is 0 Å². The Kier molecular flexibility index (Phi) is 6.95. The molecule has 1 N–H and O–H groups in total. The summed E-state index contributed by atoms with van der Waals surface area (Å²) in [6.07, 6.45) is -0.927. The zero-order valence-electron chi connectivity index (χ0n) is 18.9. The number of anilines is 1. The Morgan fingerprint density at radius 2 is 1.69 bits per heavy atom. The summed E-state index contributed by atoms with van der Waals surface area (Å²) in [5.41, 5.74) is 1.43. The number of benzene rings is 2. The van der Waals surface area contributed by atoms with Gasteiger partial charge < -0.3 is 15.1 Å². The molecule has 2 amide bonds. The van der Waals surface area contributed by atoms with E-state index in [2.05, 4.69) is 0 Å². The van der Waals surface area contributed by atoms with Crippen molar-refractivity contribution < 1.29 is 27.7 Å². The summed E-state index contributed by atoms with van der Waals surface area (Å²) in [5.74, 6) is -1.16. The minimum atomic E-state index is -4.50. The maximum Gasteiger partial charge on any atom is 0.405 e. The Labute approximate surface area is 199 Å². The number of carbonyl (C=O) groups excluding carboxylic acids is 2. The molecule has 11 heteroatoms. The highest BCUT2D eigenvalue weighted by Gasteiger charge is 2.34. The number of alkyl halides is 3. The summed E-state index contributed by atoms with van der Waals surface area (Å²) >= 11 is 0. The molecular formula is C24H25F3N4O4. The fourth-order valence-corrected chi connectivity index (χ4v) is 4.19. The maximum atomic E-state index is 13.3. The first-order valence-corrected chi connectivity index (χ1v) is 11.4. The Morgan fingerprint density at radius 1 is 1.06 bits per heavy atom. The first-order valence-electron chi connectivity index (χ1n) is 11.4. The molecule has 2 aliphatic rings. The molecule has 0 atom stereocenters. The van der Waals surface area contributed by atoms with Gasteiger partial charge in [-0.25, -0.2) is 0 Å². The molecule has 1 aliphatic heterocycles. The van der Waals surface area contributed by atoms with Crippen molar-refractivity contribution in [3.63, 3.8) is 0 Å². The van der Waals surface area contributed by atoms with Gasteiger partial charge in [0.2, 0.25) is 0 Å². The van der Waals surface area contributed by atoms with Crippen LogP contribution >= 0.6 is 0 Å². The van der Waals surface area contributed by atoms with Crippen molar-refractivity contribution in [2.45, 2.75) is 44.4 Å². The Morgan fingerprint density at radius 3 is 2.26 bits per heavy atom. The highest BCUT2D eigenvalue weighted by Crippen LogP contribution is 2.34. The third kappa shape index (κ3) is 6.09. The zero-order valence-corrected chi connectivity index (χ0v) is 18.9. The van der Waals surface area contributed by atoms with Crippen LogP contribution in [0.25, 0.3) is 0 Å². The molecule has 0 unspecified atom stereocenters. The van der Waals surface area contributed by atoms with Crippen molar-refractivity contribution in [1.82, 2.24) is 10.2 Å². The molecule has 1 saturated carbocycles. The van der Waals surface area contributed by atoms with Gasteiger partial charge in [-0.1, -0.05) is 12.1 Å². The minimum Gasteiger partial charge on any atom is -0.366 e. The lowest BCUT2D eigenvalue weighted by Crippen LogP contribution is -2.34. The molecule has 2 aromatic rings. The highest BCUT2D eigenvalue weighted by molar-refractivity contribution is 5.96. The van der Waals surface area contributed by atoms with Crippen LogP contribution in [0.3, 0.4) is 0 Å². The Balaban J connectivity index is 1.48. The summed E-state index contributed by atoms with van der Waals surface area (Å²) in [5, 5.41) is 13.5. The van der Waals surface area contributed by atoms with Crippen LogP contribution in [0, 0.1) is 10.1 Å². The third-order valence-corrected chi connectivity index (χ3v) is 6.13. The summed E-state index contributed by atoms with van der Waals surface area (Å²) in [4.78, 5) is 40.1. The number of nitrogens with zero attached hydrogens (tertiary/aromatic N) is 3. The highest BCUT2D eigenvalue weighted by atomic mass is 19.4. The van der Waals surface area contributed by atoms with Crippen LogP contribution in [0.15, 0.2) is 42.5 Å². The van der Waals surface area contributed by atoms with Gasteiger partial charge >= 0.3 is 6.18 Å². The fourth-order valence-electron chi connectivity index (χ4n) is 4.19. The van der Waals surface area contributed by atoms with Crippen LogP contribution in [0.5, 0.6) is 0 Å². The summed E-state index contributed by atoms with van der Waals surface area (Å²) in [7, 11) is 0. The number of rotatable bonds is 8. The molecular weight excluding hydrogens is 465 g/mol. The number of amides is 2. The van der Waals surface area contributed by atoms with Gasteiger partial charge in [-0.3, -0.25) is 19.7 Å². The van der Waals surface area contributed by atoms with Crippen LogP contribution in [-0.2, 0) is 6.54 Å². The van der Waals surface area contributed by atoms with E-state index in [1.165, 1.54) is 18.2 Å². The fraction of sp³-hybridized carbons (Fsp3) is 0.417. The van der Waals surface area contributed by atoms with Gasteiger partial charge in [-0.05, 0) is 55.5 Å². The van der Waals surface area contributed by atoms with E-state index in [1.807, 2.05) is 10.2 Å². The van der Waals surface area contributed by atoms with Crippen LogP contribution < -0.4 is 10.2 Å². The molecule has 2 fully saturated rings. The molecule has 2 aromatic carbocycles. The van der Waals surface area contributed by atoms with Crippen molar-refractivity contribution in [3.05, 3.63) is 69.3 Å². The second kappa shape index (κ2) is 9.93. The van der Waals surface area contributed by atoms with Gasteiger partial charge in [0.25, 0.3) is 17.5 Å². The van der Waals surface area contributed by atoms with Crippen molar-refractivity contribution in [2.24, 2.45) is 0 Å². The number of carbonyl (C=O) groups is 2.